The number of carbonyl (C=O) groups is 1. The van der Waals surface area contributed by atoms with Crippen LogP contribution in [0.25, 0.3) is 11.5 Å². The van der Waals surface area contributed by atoms with Gasteiger partial charge in [-0.05, 0) is 24.3 Å². The molecule has 1 amide bonds. The van der Waals surface area contributed by atoms with Gasteiger partial charge >= 0.3 is 0 Å². The van der Waals surface area contributed by atoms with Crippen LogP contribution in [0.2, 0.25) is 0 Å². The van der Waals surface area contributed by atoms with Gasteiger partial charge in [0.25, 0.3) is 0 Å². The highest BCUT2D eigenvalue weighted by atomic mass is 32.1. The van der Waals surface area contributed by atoms with Gasteiger partial charge in [-0.25, -0.2) is 5.06 Å². The summed E-state index contributed by atoms with van der Waals surface area (Å²) in [5.41, 5.74) is 0.916. The highest BCUT2D eigenvalue weighted by Crippen LogP contribution is 2.21. The van der Waals surface area contributed by atoms with Crippen molar-refractivity contribution in [3.05, 3.63) is 22.7 Å². The lowest BCUT2D eigenvalue weighted by atomic mass is 10.2. The summed E-state index contributed by atoms with van der Waals surface area (Å²) in [6, 6.07) is 1.93. The third-order valence-corrected chi connectivity index (χ3v) is 3.75. The molecule has 7 heteroatoms. The SMILES string of the molecule is O=C(CCc1nnc(-c2ccsc2)o1)N1CCCCO1. The summed E-state index contributed by atoms with van der Waals surface area (Å²) in [6.45, 7) is 1.29. The predicted molar refractivity (Wildman–Crippen MR) is 72.8 cm³/mol. The number of carbonyl (C=O) groups excluding carboxylic acids is 1. The maximum atomic E-state index is 11.9. The van der Waals surface area contributed by atoms with E-state index in [1.807, 2.05) is 16.8 Å². The lowest BCUT2D eigenvalue weighted by molar-refractivity contribution is -0.197. The quantitative estimate of drug-likeness (QED) is 0.865. The van der Waals surface area contributed by atoms with Crippen LogP contribution >= 0.6 is 11.3 Å². The zero-order valence-corrected chi connectivity index (χ0v) is 11.8. The molecule has 1 fully saturated rings. The van der Waals surface area contributed by atoms with Crippen LogP contribution < -0.4 is 0 Å². The van der Waals surface area contributed by atoms with Crippen LogP contribution in [0.15, 0.2) is 21.2 Å². The average molecular weight is 293 g/mol. The fourth-order valence-electron chi connectivity index (χ4n) is 1.99. The number of aryl methyl sites for hydroxylation is 1. The number of rotatable bonds is 4. The molecule has 0 radical (unpaired) electrons. The van der Waals surface area contributed by atoms with Gasteiger partial charge in [0.05, 0.1) is 6.61 Å². The molecule has 0 spiro atoms. The zero-order valence-electron chi connectivity index (χ0n) is 10.9. The molecule has 6 nitrogen and oxygen atoms in total. The number of hydroxylamine groups is 2. The molecule has 0 aliphatic carbocycles. The van der Waals surface area contributed by atoms with Crippen LogP contribution in [0.5, 0.6) is 0 Å². The summed E-state index contributed by atoms with van der Waals surface area (Å²) in [4.78, 5) is 17.2. The molecule has 3 rings (SSSR count). The van der Waals surface area contributed by atoms with Crippen molar-refractivity contribution < 1.29 is 14.0 Å². The second kappa shape index (κ2) is 6.15. The van der Waals surface area contributed by atoms with Crippen molar-refractivity contribution in [1.29, 1.82) is 0 Å². The lowest BCUT2D eigenvalue weighted by Gasteiger charge is -2.25. The first kappa shape index (κ1) is 13.3. The van der Waals surface area contributed by atoms with Crippen LogP contribution in [0.3, 0.4) is 0 Å². The van der Waals surface area contributed by atoms with E-state index in [0.717, 1.165) is 18.4 Å². The normalized spacial score (nSPS) is 15.5. The van der Waals surface area contributed by atoms with E-state index in [9.17, 15) is 4.79 Å². The van der Waals surface area contributed by atoms with Gasteiger partial charge in [-0.3, -0.25) is 9.63 Å². The zero-order chi connectivity index (χ0) is 13.8. The molecule has 0 aromatic carbocycles. The molecule has 2 aromatic heterocycles. The highest BCUT2D eigenvalue weighted by Gasteiger charge is 2.18. The molecule has 1 aliphatic rings. The van der Waals surface area contributed by atoms with Gasteiger partial charge in [0.2, 0.25) is 17.7 Å². The fourth-order valence-corrected chi connectivity index (χ4v) is 2.62. The van der Waals surface area contributed by atoms with Crippen LogP contribution in [0.1, 0.15) is 25.2 Å². The number of hydrogen-bond donors (Lipinski definition) is 0. The predicted octanol–water partition coefficient (Wildman–Crippen LogP) is 2.28. The van der Waals surface area contributed by atoms with Crippen molar-refractivity contribution >= 4 is 17.2 Å². The van der Waals surface area contributed by atoms with E-state index in [1.165, 1.54) is 5.06 Å². The number of hydrogen-bond acceptors (Lipinski definition) is 6. The smallest absolute Gasteiger partial charge is 0.248 e. The van der Waals surface area contributed by atoms with E-state index in [4.69, 9.17) is 9.25 Å². The fraction of sp³-hybridized carbons (Fsp3) is 0.462. The van der Waals surface area contributed by atoms with Gasteiger partial charge in [-0.2, -0.15) is 11.3 Å². The van der Waals surface area contributed by atoms with Crippen molar-refractivity contribution in [2.24, 2.45) is 0 Å². The van der Waals surface area contributed by atoms with E-state index in [0.29, 0.717) is 37.8 Å². The molecule has 1 saturated heterocycles. The Balaban J connectivity index is 1.54. The van der Waals surface area contributed by atoms with Crippen LogP contribution in [-0.2, 0) is 16.1 Å². The summed E-state index contributed by atoms with van der Waals surface area (Å²) in [6.07, 6.45) is 2.77. The Morgan fingerprint density at radius 3 is 3.10 bits per heavy atom. The Kier molecular flexibility index (Phi) is 4.08. The minimum atomic E-state index is -0.0278. The van der Waals surface area contributed by atoms with Crippen molar-refractivity contribution in [1.82, 2.24) is 15.3 Å². The third kappa shape index (κ3) is 3.05. The van der Waals surface area contributed by atoms with Gasteiger partial charge in [0.1, 0.15) is 0 Å². The minimum Gasteiger partial charge on any atom is -0.421 e. The second-order valence-corrected chi connectivity index (χ2v) is 5.33. The molecule has 20 heavy (non-hydrogen) atoms. The molecule has 0 saturated carbocycles. The van der Waals surface area contributed by atoms with Gasteiger partial charge in [-0.1, -0.05) is 0 Å². The lowest BCUT2D eigenvalue weighted by Crippen LogP contribution is -2.35. The molecule has 0 N–H and O–H groups in total. The maximum absolute atomic E-state index is 11.9. The Labute approximate surface area is 120 Å². The Hall–Kier alpha value is -1.73. The largest absolute Gasteiger partial charge is 0.421 e. The molecular formula is C13H15N3O3S. The molecule has 106 valence electrons. The van der Waals surface area contributed by atoms with Gasteiger partial charge in [0.15, 0.2) is 0 Å². The standard InChI is InChI=1S/C13H15N3O3S/c17-12(16-6-1-2-7-18-16)4-3-11-14-15-13(19-11)10-5-8-20-9-10/h5,8-9H,1-4,6-7H2. The topological polar surface area (TPSA) is 68.5 Å². The van der Waals surface area contributed by atoms with E-state index in [1.54, 1.807) is 11.3 Å². The molecule has 3 heterocycles. The monoisotopic (exact) mass is 293 g/mol. The first-order valence-electron chi connectivity index (χ1n) is 6.61. The number of thiophene rings is 1. The summed E-state index contributed by atoms with van der Waals surface area (Å²) in [7, 11) is 0. The molecular weight excluding hydrogens is 278 g/mol. The Morgan fingerprint density at radius 2 is 2.35 bits per heavy atom. The molecule has 1 aliphatic heterocycles. The minimum absolute atomic E-state index is 0.0278. The van der Waals surface area contributed by atoms with Crippen molar-refractivity contribution in [3.63, 3.8) is 0 Å². The van der Waals surface area contributed by atoms with Crippen LogP contribution in [-0.4, -0.2) is 34.3 Å². The number of amides is 1. The van der Waals surface area contributed by atoms with Crippen LogP contribution in [0.4, 0.5) is 0 Å². The molecule has 0 unspecified atom stereocenters. The third-order valence-electron chi connectivity index (χ3n) is 3.07. The summed E-state index contributed by atoms with van der Waals surface area (Å²) >= 11 is 1.58. The highest BCUT2D eigenvalue weighted by molar-refractivity contribution is 7.08. The van der Waals surface area contributed by atoms with E-state index < -0.39 is 0 Å². The first-order valence-corrected chi connectivity index (χ1v) is 7.55. The maximum Gasteiger partial charge on any atom is 0.248 e. The van der Waals surface area contributed by atoms with E-state index in [-0.39, 0.29) is 5.91 Å². The average Bonchev–Trinajstić information content (AvgIpc) is 3.16. The Bertz CT molecular complexity index is 561. The molecule has 2 aromatic rings. The Morgan fingerprint density at radius 1 is 1.40 bits per heavy atom. The van der Waals surface area contributed by atoms with Crippen LogP contribution in [0, 0.1) is 0 Å². The summed E-state index contributed by atoms with van der Waals surface area (Å²) in [5.74, 6) is 0.958. The van der Waals surface area contributed by atoms with Gasteiger partial charge in [-0.15, -0.1) is 10.2 Å². The van der Waals surface area contributed by atoms with Crippen molar-refractivity contribution in [2.45, 2.75) is 25.7 Å². The molecule has 0 atom stereocenters. The van der Waals surface area contributed by atoms with E-state index in [2.05, 4.69) is 10.2 Å². The number of aromatic nitrogens is 2. The second-order valence-electron chi connectivity index (χ2n) is 4.55. The first-order chi connectivity index (χ1) is 9.83. The summed E-state index contributed by atoms with van der Waals surface area (Å²) in [5, 5.41) is 13.3. The molecule has 0 bridgehead atoms. The summed E-state index contributed by atoms with van der Waals surface area (Å²) < 4.78 is 5.54. The van der Waals surface area contributed by atoms with E-state index >= 15 is 0 Å². The van der Waals surface area contributed by atoms with Crippen molar-refractivity contribution in [2.75, 3.05) is 13.2 Å². The van der Waals surface area contributed by atoms with Gasteiger partial charge < -0.3 is 4.42 Å². The van der Waals surface area contributed by atoms with Gasteiger partial charge in [0, 0.05) is 30.3 Å². The van der Waals surface area contributed by atoms with Crippen molar-refractivity contribution in [3.8, 4) is 11.5 Å². The number of nitrogens with zero attached hydrogens (tertiary/aromatic N) is 3.